The quantitative estimate of drug-likeness (QED) is 0.728. The van der Waals surface area contributed by atoms with Crippen LogP contribution in [-0.2, 0) is 6.42 Å². The van der Waals surface area contributed by atoms with E-state index in [1.165, 1.54) is 0 Å². The van der Waals surface area contributed by atoms with Crippen molar-refractivity contribution in [3.05, 3.63) is 59.7 Å². The van der Waals surface area contributed by atoms with Crippen molar-refractivity contribution in [1.82, 2.24) is 0 Å². The summed E-state index contributed by atoms with van der Waals surface area (Å²) < 4.78 is 0. The number of anilines is 1. The fourth-order valence-electron chi connectivity index (χ4n) is 1.52. The molecule has 1 radical (unpaired) electrons. The molecule has 0 bridgehead atoms. The van der Waals surface area contributed by atoms with Gasteiger partial charge in [0.15, 0.2) is 0 Å². The number of hydrogen-bond acceptors (Lipinski definition) is 2. The molecule has 0 fully saturated rings. The second-order valence-corrected chi connectivity index (χ2v) is 3.47. The normalized spacial score (nSPS) is 10.1. The Morgan fingerprint density at radius 2 is 2.13 bits per heavy atom. The summed E-state index contributed by atoms with van der Waals surface area (Å²) in [5.74, 6) is 0.286. The molecule has 0 aromatic heterocycles. The number of aromatic hydroxyl groups is 1. The van der Waals surface area contributed by atoms with Gasteiger partial charge in [0.25, 0.3) is 0 Å². The van der Waals surface area contributed by atoms with Crippen molar-refractivity contribution in [2.75, 3.05) is 5.73 Å². The van der Waals surface area contributed by atoms with Gasteiger partial charge in [0.05, 0.1) is 0 Å². The van der Waals surface area contributed by atoms with Gasteiger partial charge in [-0.05, 0) is 41.8 Å². The average Bonchev–Trinajstić information content (AvgIpc) is 2.22. The minimum absolute atomic E-state index is 0.286. The number of benzene rings is 2. The van der Waals surface area contributed by atoms with Crippen LogP contribution in [0.1, 0.15) is 11.1 Å². The molecule has 0 amide bonds. The van der Waals surface area contributed by atoms with Crippen molar-refractivity contribution >= 4 is 5.69 Å². The van der Waals surface area contributed by atoms with Crippen molar-refractivity contribution in [2.45, 2.75) is 6.42 Å². The van der Waals surface area contributed by atoms with E-state index in [1.807, 2.05) is 24.3 Å². The van der Waals surface area contributed by atoms with Crippen LogP contribution in [0, 0.1) is 6.07 Å². The van der Waals surface area contributed by atoms with Crippen LogP contribution in [0.3, 0.4) is 0 Å². The highest BCUT2D eigenvalue weighted by Gasteiger charge is 2.00. The Bertz CT molecular complexity index is 466. The first-order valence-corrected chi connectivity index (χ1v) is 4.78. The summed E-state index contributed by atoms with van der Waals surface area (Å²) in [4.78, 5) is 0. The molecule has 0 aliphatic carbocycles. The summed E-state index contributed by atoms with van der Waals surface area (Å²) in [7, 11) is 0. The van der Waals surface area contributed by atoms with Gasteiger partial charge in [-0.25, -0.2) is 0 Å². The third kappa shape index (κ3) is 2.29. The number of rotatable bonds is 2. The van der Waals surface area contributed by atoms with Gasteiger partial charge in [-0.3, -0.25) is 0 Å². The first-order chi connectivity index (χ1) is 7.25. The number of nitrogen functional groups attached to an aromatic ring is 1. The highest BCUT2D eigenvalue weighted by Crippen LogP contribution is 2.18. The Labute approximate surface area is 89.0 Å². The Balaban J connectivity index is 2.26. The van der Waals surface area contributed by atoms with E-state index in [4.69, 9.17) is 5.73 Å². The first-order valence-electron chi connectivity index (χ1n) is 4.78. The van der Waals surface area contributed by atoms with Crippen molar-refractivity contribution < 1.29 is 5.11 Å². The zero-order chi connectivity index (χ0) is 10.7. The molecule has 0 atom stereocenters. The fraction of sp³-hybridized carbons (Fsp3) is 0.0769. The molecule has 2 aromatic rings. The van der Waals surface area contributed by atoms with Gasteiger partial charge in [0, 0.05) is 5.69 Å². The molecule has 3 N–H and O–H groups in total. The standard InChI is InChI=1S/C13H12NO/c14-13-7-2-1-5-11(13)8-10-4-3-6-12(15)9-10/h1,3-7,9,15H,8,14H2. The monoisotopic (exact) mass is 198 g/mol. The Morgan fingerprint density at radius 3 is 2.87 bits per heavy atom. The van der Waals surface area contributed by atoms with Gasteiger partial charge in [-0.15, -0.1) is 0 Å². The molecule has 2 rings (SSSR count). The van der Waals surface area contributed by atoms with E-state index in [0.29, 0.717) is 0 Å². The van der Waals surface area contributed by atoms with Gasteiger partial charge in [-0.2, -0.15) is 0 Å². The summed E-state index contributed by atoms with van der Waals surface area (Å²) in [6, 6.07) is 15.7. The smallest absolute Gasteiger partial charge is 0.115 e. The van der Waals surface area contributed by atoms with Crippen LogP contribution in [0.15, 0.2) is 42.5 Å². The third-order valence-electron chi connectivity index (χ3n) is 2.30. The maximum Gasteiger partial charge on any atom is 0.115 e. The molecule has 0 saturated heterocycles. The van der Waals surface area contributed by atoms with Crippen molar-refractivity contribution in [1.29, 1.82) is 0 Å². The molecule has 0 spiro atoms. The predicted octanol–water partition coefficient (Wildman–Crippen LogP) is 2.37. The maximum atomic E-state index is 9.32. The van der Waals surface area contributed by atoms with Gasteiger partial charge in [0.1, 0.15) is 5.75 Å². The molecule has 2 heteroatoms. The maximum absolute atomic E-state index is 9.32. The molecular formula is C13H12NO. The average molecular weight is 198 g/mol. The second kappa shape index (κ2) is 4.05. The SMILES string of the molecule is Nc1c[c]ccc1Cc1cccc(O)c1. The predicted molar refractivity (Wildman–Crippen MR) is 60.6 cm³/mol. The number of phenolic OH excluding ortho intramolecular Hbond substituents is 1. The van der Waals surface area contributed by atoms with Gasteiger partial charge in [0.2, 0.25) is 0 Å². The Kier molecular flexibility index (Phi) is 2.59. The first kappa shape index (κ1) is 9.59. The Hall–Kier alpha value is -1.96. The van der Waals surface area contributed by atoms with Crippen LogP contribution < -0.4 is 5.73 Å². The van der Waals surface area contributed by atoms with E-state index in [0.717, 1.165) is 23.2 Å². The lowest BCUT2D eigenvalue weighted by atomic mass is 10.0. The molecular weight excluding hydrogens is 186 g/mol. The third-order valence-corrected chi connectivity index (χ3v) is 2.30. The van der Waals surface area contributed by atoms with Crippen LogP contribution in [0.2, 0.25) is 0 Å². The zero-order valence-electron chi connectivity index (χ0n) is 8.27. The van der Waals surface area contributed by atoms with E-state index < -0.39 is 0 Å². The highest BCUT2D eigenvalue weighted by molar-refractivity contribution is 5.48. The molecule has 0 aliphatic heterocycles. The second-order valence-electron chi connectivity index (χ2n) is 3.47. The topological polar surface area (TPSA) is 46.2 Å². The molecule has 0 saturated carbocycles. The van der Waals surface area contributed by atoms with Crippen LogP contribution in [0.25, 0.3) is 0 Å². The molecule has 0 heterocycles. The fourth-order valence-corrected chi connectivity index (χ4v) is 1.52. The molecule has 2 nitrogen and oxygen atoms in total. The molecule has 0 aliphatic rings. The summed E-state index contributed by atoms with van der Waals surface area (Å²) in [5.41, 5.74) is 8.65. The number of nitrogens with two attached hydrogens (primary N) is 1. The van der Waals surface area contributed by atoms with Crippen molar-refractivity contribution in [3.8, 4) is 5.75 Å². The van der Waals surface area contributed by atoms with E-state index in [-0.39, 0.29) is 5.75 Å². The van der Waals surface area contributed by atoms with Crippen LogP contribution in [-0.4, -0.2) is 5.11 Å². The molecule has 0 unspecified atom stereocenters. The summed E-state index contributed by atoms with van der Waals surface area (Å²) in [6.45, 7) is 0. The lowest BCUT2D eigenvalue weighted by Crippen LogP contribution is -1.94. The number of hydrogen-bond donors (Lipinski definition) is 2. The lowest BCUT2D eigenvalue weighted by molar-refractivity contribution is 0.474. The largest absolute Gasteiger partial charge is 0.508 e. The molecule has 75 valence electrons. The minimum atomic E-state index is 0.286. The molecule has 2 aromatic carbocycles. The van der Waals surface area contributed by atoms with Crippen LogP contribution in [0.4, 0.5) is 5.69 Å². The Morgan fingerprint density at radius 1 is 1.27 bits per heavy atom. The highest BCUT2D eigenvalue weighted by atomic mass is 16.3. The van der Waals surface area contributed by atoms with Crippen molar-refractivity contribution in [3.63, 3.8) is 0 Å². The zero-order valence-corrected chi connectivity index (χ0v) is 8.27. The summed E-state index contributed by atoms with van der Waals surface area (Å²) in [5, 5.41) is 9.32. The lowest BCUT2D eigenvalue weighted by Gasteiger charge is -2.05. The van der Waals surface area contributed by atoms with E-state index in [9.17, 15) is 5.11 Å². The van der Waals surface area contributed by atoms with Gasteiger partial charge in [-0.1, -0.05) is 24.3 Å². The van der Waals surface area contributed by atoms with Crippen LogP contribution in [0.5, 0.6) is 5.75 Å². The van der Waals surface area contributed by atoms with E-state index in [1.54, 1.807) is 18.2 Å². The van der Waals surface area contributed by atoms with E-state index in [2.05, 4.69) is 6.07 Å². The van der Waals surface area contributed by atoms with Crippen molar-refractivity contribution in [2.24, 2.45) is 0 Å². The summed E-state index contributed by atoms with van der Waals surface area (Å²) in [6.07, 6.45) is 0.731. The van der Waals surface area contributed by atoms with E-state index >= 15 is 0 Å². The number of phenols is 1. The van der Waals surface area contributed by atoms with Gasteiger partial charge >= 0.3 is 0 Å². The van der Waals surface area contributed by atoms with Gasteiger partial charge < -0.3 is 10.8 Å². The molecule has 15 heavy (non-hydrogen) atoms. The minimum Gasteiger partial charge on any atom is -0.508 e. The van der Waals surface area contributed by atoms with Crippen LogP contribution >= 0.6 is 0 Å². The summed E-state index contributed by atoms with van der Waals surface area (Å²) >= 11 is 0.